The summed E-state index contributed by atoms with van der Waals surface area (Å²) in [4.78, 5) is 24.8. The molecule has 1 saturated heterocycles. The molecule has 1 heterocycles. The average molecular weight is 398 g/mol. The topological polar surface area (TPSA) is 106 Å². The number of hydrogen-bond donors (Lipinski definition) is 1. The van der Waals surface area contributed by atoms with Crippen molar-refractivity contribution in [3.8, 4) is 5.75 Å². The van der Waals surface area contributed by atoms with E-state index in [4.69, 9.17) is 9.47 Å². The third-order valence-electron chi connectivity index (χ3n) is 4.31. The summed E-state index contributed by atoms with van der Waals surface area (Å²) in [6.07, 6.45) is 1.36. The molecule has 1 amide bonds. The third kappa shape index (κ3) is 5.76. The van der Waals surface area contributed by atoms with Crippen molar-refractivity contribution in [2.75, 3.05) is 37.8 Å². The van der Waals surface area contributed by atoms with Crippen LogP contribution in [0.5, 0.6) is 5.75 Å². The zero-order chi connectivity index (χ0) is 20.6. The van der Waals surface area contributed by atoms with Gasteiger partial charge in [0, 0.05) is 24.7 Å². The molecule has 0 aliphatic carbocycles. The number of hydrazone groups is 1. The van der Waals surface area contributed by atoms with E-state index in [1.165, 1.54) is 12.3 Å². The molecular formula is C20H22N4O5. The van der Waals surface area contributed by atoms with Gasteiger partial charge >= 0.3 is 0 Å². The van der Waals surface area contributed by atoms with Crippen LogP contribution in [0.3, 0.4) is 0 Å². The number of aryl methyl sites for hydroxylation is 1. The Morgan fingerprint density at radius 2 is 2.10 bits per heavy atom. The van der Waals surface area contributed by atoms with Gasteiger partial charge in [-0.15, -0.1) is 0 Å². The fraction of sp³-hybridized carbons (Fsp3) is 0.300. The normalized spacial score (nSPS) is 14.0. The molecule has 1 N–H and O–H groups in total. The van der Waals surface area contributed by atoms with Gasteiger partial charge in [0.1, 0.15) is 11.4 Å². The summed E-state index contributed by atoms with van der Waals surface area (Å²) < 4.78 is 10.7. The quantitative estimate of drug-likeness (QED) is 0.436. The van der Waals surface area contributed by atoms with Crippen molar-refractivity contribution in [1.29, 1.82) is 0 Å². The Bertz CT molecular complexity index is 909. The monoisotopic (exact) mass is 398 g/mol. The second-order valence-electron chi connectivity index (χ2n) is 6.50. The number of carbonyl (C=O) groups is 1. The molecule has 1 fully saturated rings. The lowest BCUT2D eigenvalue weighted by Gasteiger charge is -2.28. The molecule has 0 atom stereocenters. The maximum Gasteiger partial charge on any atom is 0.293 e. The number of ether oxygens (including phenoxy) is 2. The molecule has 2 aromatic carbocycles. The lowest BCUT2D eigenvalue weighted by atomic mass is 10.1. The van der Waals surface area contributed by atoms with Crippen molar-refractivity contribution in [2.45, 2.75) is 6.92 Å². The zero-order valence-corrected chi connectivity index (χ0v) is 16.0. The van der Waals surface area contributed by atoms with E-state index in [2.05, 4.69) is 10.5 Å². The van der Waals surface area contributed by atoms with Gasteiger partial charge in [-0.3, -0.25) is 14.9 Å². The van der Waals surface area contributed by atoms with Gasteiger partial charge < -0.3 is 14.4 Å². The van der Waals surface area contributed by atoms with Crippen LogP contribution in [0.1, 0.15) is 11.1 Å². The highest BCUT2D eigenvalue weighted by atomic mass is 16.6. The third-order valence-corrected chi connectivity index (χ3v) is 4.31. The molecule has 0 aromatic heterocycles. The predicted octanol–water partition coefficient (Wildman–Crippen LogP) is 2.27. The van der Waals surface area contributed by atoms with E-state index >= 15 is 0 Å². The van der Waals surface area contributed by atoms with E-state index in [-0.39, 0.29) is 12.3 Å². The first-order valence-corrected chi connectivity index (χ1v) is 9.15. The largest absolute Gasteiger partial charge is 0.484 e. The minimum absolute atomic E-state index is 0.00930. The van der Waals surface area contributed by atoms with Crippen molar-refractivity contribution >= 4 is 23.5 Å². The molecule has 1 aliphatic heterocycles. The number of rotatable bonds is 7. The predicted molar refractivity (Wildman–Crippen MR) is 109 cm³/mol. The maximum atomic E-state index is 11.9. The molecule has 9 heteroatoms. The van der Waals surface area contributed by atoms with Crippen LogP contribution < -0.4 is 15.1 Å². The number of nitro groups is 1. The van der Waals surface area contributed by atoms with Gasteiger partial charge in [0.05, 0.1) is 24.4 Å². The van der Waals surface area contributed by atoms with E-state index in [1.54, 1.807) is 18.2 Å². The molecule has 2 aromatic rings. The second-order valence-corrected chi connectivity index (χ2v) is 6.50. The SMILES string of the molecule is Cc1cccc(OCC(=O)N/N=C\c2ccc(N3CCOCC3)c([N+](=O)[O-])c2)c1. The Kier molecular flexibility index (Phi) is 6.75. The van der Waals surface area contributed by atoms with Gasteiger partial charge in [-0.2, -0.15) is 5.10 Å². The summed E-state index contributed by atoms with van der Waals surface area (Å²) >= 11 is 0. The molecule has 9 nitrogen and oxygen atoms in total. The Labute approximate surface area is 168 Å². The number of nitro benzene ring substituents is 1. The number of anilines is 1. The van der Waals surface area contributed by atoms with Crippen LogP contribution in [0.25, 0.3) is 0 Å². The molecule has 29 heavy (non-hydrogen) atoms. The Morgan fingerprint density at radius 1 is 1.31 bits per heavy atom. The lowest BCUT2D eigenvalue weighted by molar-refractivity contribution is -0.384. The number of amides is 1. The maximum absolute atomic E-state index is 11.9. The van der Waals surface area contributed by atoms with E-state index in [1.807, 2.05) is 30.0 Å². The number of hydrogen-bond acceptors (Lipinski definition) is 7. The molecule has 0 bridgehead atoms. The standard InChI is InChI=1S/C20H22N4O5/c1-15-3-2-4-17(11-15)29-14-20(25)22-21-13-16-5-6-18(19(12-16)24(26)27)23-7-9-28-10-8-23/h2-6,11-13H,7-10,14H2,1H3,(H,22,25)/b21-13-. The van der Waals surface area contributed by atoms with E-state index in [9.17, 15) is 14.9 Å². The first-order valence-electron chi connectivity index (χ1n) is 9.15. The highest BCUT2D eigenvalue weighted by molar-refractivity contribution is 5.85. The molecule has 0 spiro atoms. The highest BCUT2D eigenvalue weighted by Gasteiger charge is 2.21. The fourth-order valence-electron chi connectivity index (χ4n) is 2.90. The van der Waals surface area contributed by atoms with Crippen LogP contribution in [-0.2, 0) is 9.53 Å². The Morgan fingerprint density at radius 3 is 2.83 bits per heavy atom. The van der Waals surface area contributed by atoms with Gasteiger partial charge in [0.15, 0.2) is 6.61 Å². The molecule has 1 aliphatic rings. The summed E-state index contributed by atoms with van der Waals surface area (Å²) in [6.45, 7) is 4.03. The van der Waals surface area contributed by atoms with E-state index in [0.717, 1.165) is 5.56 Å². The minimum atomic E-state index is -0.429. The number of morpholine rings is 1. The van der Waals surface area contributed by atoms with E-state index < -0.39 is 10.8 Å². The second kappa shape index (κ2) is 9.65. The molecular weight excluding hydrogens is 376 g/mol. The summed E-state index contributed by atoms with van der Waals surface area (Å²) in [5, 5.41) is 15.3. The molecule has 0 radical (unpaired) electrons. The van der Waals surface area contributed by atoms with Crippen LogP contribution in [0, 0.1) is 17.0 Å². The van der Waals surface area contributed by atoms with Crippen LogP contribution >= 0.6 is 0 Å². The molecule has 3 rings (SSSR count). The molecule has 0 unspecified atom stereocenters. The molecule has 0 saturated carbocycles. The van der Waals surface area contributed by atoms with Crippen molar-refractivity contribution in [3.05, 3.63) is 63.7 Å². The Hall–Kier alpha value is -3.46. The highest BCUT2D eigenvalue weighted by Crippen LogP contribution is 2.29. The van der Waals surface area contributed by atoms with Crippen molar-refractivity contribution in [1.82, 2.24) is 5.43 Å². The van der Waals surface area contributed by atoms with E-state index in [0.29, 0.717) is 43.3 Å². The van der Waals surface area contributed by atoms with Gasteiger partial charge in [-0.05, 0) is 30.7 Å². The van der Waals surface area contributed by atoms with Gasteiger partial charge in [-0.25, -0.2) is 5.43 Å². The van der Waals surface area contributed by atoms with Gasteiger partial charge in [0.2, 0.25) is 0 Å². The molecule has 152 valence electrons. The summed E-state index contributed by atoms with van der Waals surface area (Å²) in [6, 6.07) is 12.2. The van der Waals surface area contributed by atoms with Gasteiger partial charge in [-0.1, -0.05) is 18.2 Å². The van der Waals surface area contributed by atoms with Crippen LogP contribution in [-0.4, -0.2) is 50.0 Å². The van der Waals surface area contributed by atoms with Crippen LogP contribution in [0.4, 0.5) is 11.4 Å². The van der Waals surface area contributed by atoms with Crippen LogP contribution in [0.15, 0.2) is 47.6 Å². The first kappa shape index (κ1) is 20.3. The smallest absolute Gasteiger partial charge is 0.293 e. The van der Waals surface area contributed by atoms with Crippen molar-refractivity contribution in [2.24, 2.45) is 5.10 Å². The fourth-order valence-corrected chi connectivity index (χ4v) is 2.90. The summed E-state index contributed by atoms with van der Waals surface area (Å²) in [7, 11) is 0. The number of nitrogens with zero attached hydrogens (tertiary/aromatic N) is 3. The van der Waals surface area contributed by atoms with Crippen molar-refractivity contribution in [3.63, 3.8) is 0 Å². The number of carbonyl (C=O) groups excluding carboxylic acids is 1. The van der Waals surface area contributed by atoms with Crippen molar-refractivity contribution < 1.29 is 19.2 Å². The Balaban J connectivity index is 1.58. The lowest BCUT2D eigenvalue weighted by Crippen LogP contribution is -2.36. The van der Waals surface area contributed by atoms with Gasteiger partial charge in [0.25, 0.3) is 11.6 Å². The number of nitrogens with one attached hydrogen (secondary N) is 1. The minimum Gasteiger partial charge on any atom is -0.484 e. The first-order chi connectivity index (χ1) is 14.0. The summed E-state index contributed by atoms with van der Waals surface area (Å²) in [5.74, 6) is 0.167. The average Bonchev–Trinajstić information content (AvgIpc) is 2.73. The summed E-state index contributed by atoms with van der Waals surface area (Å²) in [5.41, 5.74) is 4.43. The number of benzene rings is 2. The van der Waals surface area contributed by atoms with Crippen LogP contribution in [0.2, 0.25) is 0 Å². The zero-order valence-electron chi connectivity index (χ0n) is 16.0.